The molecule has 4 aromatic rings. The number of methoxy groups -OCH3 is 3. The lowest BCUT2D eigenvalue weighted by atomic mass is 9.92. The number of fused-ring (bicyclic) bond motifs is 1. The number of carbonyl (C=O) groups is 1. The highest BCUT2D eigenvalue weighted by atomic mass is 16.5. The van der Waals surface area contributed by atoms with Gasteiger partial charge in [0.25, 0.3) is 5.91 Å². The standard InChI is InChI=1S/C38H35NO4/c1-27(23-31(30-13-9-6-10-14-30)18-15-28-11-7-5-8-12-28)37-34-25-36(43-4)35(42-3)24-32(34)21-22-39(38(37)40)26-29-16-19-33(41-2)20-17-29/h5-14,16-17,19-20,23-25H,21-22,26H2,1-4H3/b31-23-,37-27+. The van der Waals surface area contributed by atoms with Gasteiger partial charge in [0, 0.05) is 24.2 Å². The molecule has 5 heteroatoms. The van der Waals surface area contributed by atoms with Crippen molar-refractivity contribution in [3.05, 3.63) is 137 Å². The summed E-state index contributed by atoms with van der Waals surface area (Å²) < 4.78 is 16.6. The van der Waals surface area contributed by atoms with Gasteiger partial charge in [0.05, 0.1) is 26.9 Å². The van der Waals surface area contributed by atoms with E-state index in [4.69, 9.17) is 14.2 Å². The van der Waals surface area contributed by atoms with E-state index in [1.54, 1.807) is 21.3 Å². The van der Waals surface area contributed by atoms with Gasteiger partial charge in [-0.25, -0.2) is 0 Å². The molecule has 216 valence electrons. The summed E-state index contributed by atoms with van der Waals surface area (Å²) in [4.78, 5) is 16.3. The molecule has 1 amide bonds. The average Bonchev–Trinajstić information content (AvgIpc) is 3.18. The van der Waals surface area contributed by atoms with Gasteiger partial charge in [-0.1, -0.05) is 72.5 Å². The van der Waals surface area contributed by atoms with Crippen LogP contribution in [0.3, 0.4) is 0 Å². The zero-order valence-electron chi connectivity index (χ0n) is 25.0. The first-order valence-electron chi connectivity index (χ1n) is 14.2. The first kappa shape index (κ1) is 29.3. The quantitative estimate of drug-likeness (QED) is 0.174. The minimum absolute atomic E-state index is 0.0426. The fourth-order valence-electron chi connectivity index (χ4n) is 5.23. The zero-order valence-corrected chi connectivity index (χ0v) is 25.0. The average molecular weight is 570 g/mol. The minimum Gasteiger partial charge on any atom is -0.497 e. The van der Waals surface area contributed by atoms with Gasteiger partial charge in [0.15, 0.2) is 11.5 Å². The predicted molar refractivity (Wildman–Crippen MR) is 172 cm³/mol. The van der Waals surface area contributed by atoms with Crippen molar-refractivity contribution >= 4 is 17.1 Å². The summed E-state index contributed by atoms with van der Waals surface area (Å²) in [6.07, 6.45) is 2.70. The van der Waals surface area contributed by atoms with Crippen LogP contribution >= 0.6 is 0 Å². The van der Waals surface area contributed by atoms with Crippen molar-refractivity contribution in [3.63, 3.8) is 0 Å². The maximum atomic E-state index is 14.4. The Morgan fingerprint density at radius 1 is 0.837 bits per heavy atom. The van der Waals surface area contributed by atoms with Crippen LogP contribution in [-0.4, -0.2) is 38.7 Å². The fourth-order valence-corrected chi connectivity index (χ4v) is 5.23. The summed E-state index contributed by atoms with van der Waals surface area (Å²) in [5.41, 5.74) is 7.08. The van der Waals surface area contributed by atoms with Crippen molar-refractivity contribution in [2.45, 2.75) is 19.9 Å². The van der Waals surface area contributed by atoms with E-state index in [1.165, 1.54) is 0 Å². The molecule has 1 heterocycles. The highest BCUT2D eigenvalue weighted by molar-refractivity contribution is 6.22. The molecule has 0 radical (unpaired) electrons. The van der Waals surface area contributed by atoms with E-state index in [9.17, 15) is 4.79 Å². The van der Waals surface area contributed by atoms with Crippen LogP contribution in [-0.2, 0) is 17.8 Å². The molecule has 1 aliphatic heterocycles. The van der Waals surface area contributed by atoms with Gasteiger partial charge in [0.1, 0.15) is 5.75 Å². The fraction of sp³-hybridized carbons (Fsp3) is 0.184. The highest BCUT2D eigenvalue weighted by Crippen LogP contribution is 2.38. The number of allylic oxidation sites excluding steroid dienone is 3. The molecule has 43 heavy (non-hydrogen) atoms. The lowest BCUT2D eigenvalue weighted by Gasteiger charge is -2.22. The number of carbonyl (C=O) groups excluding carboxylic acids is 1. The topological polar surface area (TPSA) is 48.0 Å². The molecule has 0 fully saturated rings. The Labute approximate surface area is 254 Å². The Hall–Kier alpha value is -5.21. The Kier molecular flexibility index (Phi) is 9.29. The van der Waals surface area contributed by atoms with Crippen LogP contribution in [0.1, 0.15) is 34.7 Å². The van der Waals surface area contributed by atoms with Crippen LogP contribution in [0, 0.1) is 11.8 Å². The molecule has 5 rings (SSSR count). The SMILES string of the molecule is COc1ccc(CN2CCc3cc(OC)c(OC)cc3/C(=C(C)\C=C(\C#Cc3ccccc3)c3ccccc3)C2=O)cc1. The summed E-state index contributed by atoms with van der Waals surface area (Å²) in [5.74, 6) is 8.63. The number of benzene rings is 4. The van der Waals surface area contributed by atoms with Gasteiger partial charge >= 0.3 is 0 Å². The van der Waals surface area contributed by atoms with Gasteiger partial charge in [-0.2, -0.15) is 0 Å². The molecule has 5 nitrogen and oxygen atoms in total. The van der Waals surface area contributed by atoms with Crippen molar-refractivity contribution in [2.24, 2.45) is 0 Å². The Bertz CT molecular complexity index is 1710. The third-order valence-electron chi connectivity index (χ3n) is 7.52. The first-order valence-corrected chi connectivity index (χ1v) is 14.2. The third kappa shape index (κ3) is 6.82. The molecule has 0 spiro atoms. The van der Waals surface area contributed by atoms with Crippen LogP contribution in [0.25, 0.3) is 11.1 Å². The largest absolute Gasteiger partial charge is 0.497 e. The van der Waals surface area contributed by atoms with Crippen molar-refractivity contribution in [1.82, 2.24) is 4.90 Å². The maximum absolute atomic E-state index is 14.4. The van der Waals surface area contributed by atoms with Gasteiger partial charge < -0.3 is 19.1 Å². The second-order valence-electron chi connectivity index (χ2n) is 10.3. The van der Waals surface area contributed by atoms with Gasteiger partial charge in [0.2, 0.25) is 0 Å². The van der Waals surface area contributed by atoms with Crippen molar-refractivity contribution < 1.29 is 19.0 Å². The van der Waals surface area contributed by atoms with Gasteiger partial charge in [-0.3, -0.25) is 4.79 Å². The maximum Gasteiger partial charge on any atom is 0.255 e. The van der Waals surface area contributed by atoms with E-state index >= 15 is 0 Å². The van der Waals surface area contributed by atoms with Crippen LogP contribution in [0.15, 0.2) is 109 Å². The lowest BCUT2D eigenvalue weighted by molar-refractivity contribution is -0.125. The van der Waals surface area contributed by atoms with Gasteiger partial charge in [-0.05, 0) is 83.6 Å². The summed E-state index contributed by atoms with van der Waals surface area (Å²) in [7, 11) is 4.89. The van der Waals surface area contributed by atoms with Crippen molar-refractivity contribution in [1.29, 1.82) is 0 Å². The molecule has 0 bridgehead atoms. The molecule has 0 aliphatic carbocycles. The highest BCUT2D eigenvalue weighted by Gasteiger charge is 2.29. The lowest BCUT2D eigenvalue weighted by Crippen LogP contribution is -2.31. The second-order valence-corrected chi connectivity index (χ2v) is 10.3. The van der Waals surface area contributed by atoms with Crippen LogP contribution < -0.4 is 14.2 Å². The molecule has 0 saturated heterocycles. The smallest absolute Gasteiger partial charge is 0.255 e. The normalized spacial score (nSPS) is 14.2. The summed E-state index contributed by atoms with van der Waals surface area (Å²) in [5, 5.41) is 0. The van der Waals surface area contributed by atoms with E-state index in [2.05, 4.69) is 11.8 Å². The van der Waals surface area contributed by atoms with E-state index in [-0.39, 0.29) is 5.91 Å². The van der Waals surface area contributed by atoms with Gasteiger partial charge in [-0.15, -0.1) is 0 Å². The van der Waals surface area contributed by atoms with E-state index in [0.717, 1.165) is 44.7 Å². The zero-order chi connectivity index (χ0) is 30.2. The van der Waals surface area contributed by atoms with Crippen molar-refractivity contribution in [3.8, 4) is 29.1 Å². The summed E-state index contributed by atoms with van der Waals surface area (Å²) >= 11 is 0. The molecular formula is C38H35NO4. The second kappa shape index (κ2) is 13.6. The van der Waals surface area contributed by atoms with E-state index in [0.29, 0.717) is 36.6 Å². The van der Waals surface area contributed by atoms with Crippen LogP contribution in [0.5, 0.6) is 17.2 Å². The molecule has 0 aromatic heterocycles. The molecule has 0 atom stereocenters. The minimum atomic E-state index is -0.0426. The predicted octanol–water partition coefficient (Wildman–Crippen LogP) is 7.21. The van der Waals surface area contributed by atoms with Crippen molar-refractivity contribution in [2.75, 3.05) is 27.9 Å². The first-order chi connectivity index (χ1) is 21.0. The molecule has 0 N–H and O–H groups in total. The number of nitrogens with zero attached hydrogens (tertiary/aromatic N) is 1. The Balaban J connectivity index is 1.66. The van der Waals surface area contributed by atoms with E-state index < -0.39 is 0 Å². The molecular weight excluding hydrogens is 534 g/mol. The monoisotopic (exact) mass is 569 g/mol. The number of ether oxygens (including phenoxy) is 3. The number of hydrogen-bond acceptors (Lipinski definition) is 4. The summed E-state index contributed by atoms with van der Waals surface area (Å²) in [6.45, 7) is 3.02. The molecule has 4 aromatic carbocycles. The number of rotatable bonds is 7. The Morgan fingerprint density at radius 2 is 1.49 bits per heavy atom. The van der Waals surface area contributed by atoms with E-state index in [1.807, 2.05) is 115 Å². The number of amides is 1. The molecule has 0 saturated carbocycles. The van der Waals surface area contributed by atoms with Crippen LogP contribution in [0.2, 0.25) is 0 Å². The van der Waals surface area contributed by atoms with Crippen LogP contribution in [0.4, 0.5) is 0 Å². The summed E-state index contributed by atoms with van der Waals surface area (Å²) in [6, 6.07) is 31.7. The molecule has 0 unspecified atom stereocenters. The third-order valence-corrected chi connectivity index (χ3v) is 7.52. The Morgan fingerprint density at radius 3 is 2.14 bits per heavy atom. The molecule has 1 aliphatic rings. The number of hydrogen-bond donors (Lipinski definition) is 0.